The molecule has 3 rings (SSSR count). The lowest BCUT2D eigenvalue weighted by atomic mass is 10.2. The van der Waals surface area contributed by atoms with Gasteiger partial charge in [0.25, 0.3) is 5.91 Å². The molecule has 0 spiro atoms. The molecule has 0 saturated heterocycles. The highest BCUT2D eigenvalue weighted by Gasteiger charge is 2.15. The first-order valence-corrected chi connectivity index (χ1v) is 7.88. The Kier molecular flexibility index (Phi) is 4.39. The molecule has 1 amide bonds. The molecule has 0 fully saturated rings. The number of hydrogen-bond donors (Lipinski definition) is 1. The topological polar surface area (TPSA) is 94.4 Å². The molecular weight excluding hydrogens is 330 g/mol. The van der Waals surface area contributed by atoms with Crippen LogP contribution in [0.15, 0.2) is 42.5 Å². The van der Waals surface area contributed by atoms with E-state index < -0.39 is 10.8 Å². The number of rotatable bonds is 5. The van der Waals surface area contributed by atoms with E-state index in [0.717, 1.165) is 15.8 Å². The number of benzene rings is 2. The normalized spacial score (nSPS) is 10.5. The van der Waals surface area contributed by atoms with Crippen molar-refractivity contribution in [3.63, 3.8) is 0 Å². The van der Waals surface area contributed by atoms with E-state index in [0.29, 0.717) is 5.13 Å². The molecule has 24 heavy (non-hydrogen) atoms. The summed E-state index contributed by atoms with van der Waals surface area (Å²) >= 11 is 1.36. The summed E-state index contributed by atoms with van der Waals surface area (Å²) in [6.07, 6.45) is 0. The number of aromatic nitrogens is 1. The fourth-order valence-electron chi connectivity index (χ4n) is 2.17. The highest BCUT2D eigenvalue weighted by molar-refractivity contribution is 7.22. The molecule has 7 nitrogen and oxygen atoms in total. The average Bonchev–Trinajstić information content (AvgIpc) is 2.97. The van der Waals surface area contributed by atoms with Crippen molar-refractivity contribution in [2.24, 2.45) is 0 Å². The van der Waals surface area contributed by atoms with Crippen LogP contribution in [0.4, 0.5) is 10.8 Å². The smallest absolute Gasteiger partial charge is 0.310 e. The minimum absolute atomic E-state index is 0.0535. The van der Waals surface area contributed by atoms with Crippen LogP contribution in [-0.2, 0) is 4.79 Å². The lowest BCUT2D eigenvalue weighted by Crippen LogP contribution is -2.20. The number of hydrogen-bond acceptors (Lipinski definition) is 6. The van der Waals surface area contributed by atoms with Gasteiger partial charge in [-0.3, -0.25) is 20.2 Å². The molecule has 1 N–H and O–H groups in total. The molecule has 2 aromatic carbocycles. The van der Waals surface area contributed by atoms with Gasteiger partial charge in [-0.25, -0.2) is 4.98 Å². The Morgan fingerprint density at radius 1 is 1.29 bits per heavy atom. The first kappa shape index (κ1) is 15.9. The van der Waals surface area contributed by atoms with Crippen LogP contribution >= 0.6 is 11.3 Å². The number of para-hydroxylation sites is 3. The minimum atomic E-state index is -0.552. The molecular formula is C16H13N3O4S. The maximum atomic E-state index is 12.0. The van der Waals surface area contributed by atoms with E-state index in [1.807, 2.05) is 25.1 Å². The zero-order valence-electron chi connectivity index (χ0n) is 12.7. The van der Waals surface area contributed by atoms with E-state index in [2.05, 4.69) is 10.3 Å². The summed E-state index contributed by atoms with van der Waals surface area (Å²) in [4.78, 5) is 26.7. The fourth-order valence-corrected chi connectivity index (χ4v) is 3.13. The van der Waals surface area contributed by atoms with Gasteiger partial charge in [0.15, 0.2) is 17.5 Å². The van der Waals surface area contributed by atoms with E-state index >= 15 is 0 Å². The number of thiazole rings is 1. The number of nitro benzene ring substituents is 1. The van der Waals surface area contributed by atoms with Crippen molar-refractivity contribution in [1.82, 2.24) is 4.98 Å². The number of amides is 1. The molecule has 0 aliphatic rings. The van der Waals surface area contributed by atoms with Gasteiger partial charge in [0.05, 0.1) is 15.1 Å². The third kappa shape index (κ3) is 3.33. The molecule has 0 bridgehead atoms. The van der Waals surface area contributed by atoms with Crippen LogP contribution in [0.25, 0.3) is 10.2 Å². The quantitative estimate of drug-likeness (QED) is 0.565. The fraction of sp³-hybridized carbons (Fsp3) is 0.125. The van der Waals surface area contributed by atoms with E-state index in [1.54, 1.807) is 6.07 Å². The minimum Gasteiger partial charge on any atom is -0.477 e. The molecule has 0 aliphatic heterocycles. The lowest BCUT2D eigenvalue weighted by Gasteiger charge is -2.06. The first-order valence-electron chi connectivity index (χ1n) is 7.07. The zero-order valence-corrected chi connectivity index (χ0v) is 13.5. The maximum Gasteiger partial charge on any atom is 0.310 e. The van der Waals surface area contributed by atoms with E-state index in [-0.39, 0.29) is 18.0 Å². The van der Waals surface area contributed by atoms with Crippen molar-refractivity contribution >= 4 is 38.3 Å². The average molecular weight is 343 g/mol. The van der Waals surface area contributed by atoms with E-state index in [9.17, 15) is 14.9 Å². The summed E-state index contributed by atoms with van der Waals surface area (Å²) < 4.78 is 6.23. The number of nitrogens with zero attached hydrogens (tertiary/aromatic N) is 2. The Labute approximate surface area is 141 Å². The van der Waals surface area contributed by atoms with Crippen molar-refractivity contribution < 1.29 is 14.5 Å². The third-order valence-electron chi connectivity index (χ3n) is 3.29. The van der Waals surface area contributed by atoms with Crippen LogP contribution in [-0.4, -0.2) is 22.4 Å². The second-order valence-electron chi connectivity index (χ2n) is 5.00. The molecule has 0 radical (unpaired) electrons. The summed E-state index contributed by atoms with van der Waals surface area (Å²) in [5.74, 6) is -0.373. The van der Waals surface area contributed by atoms with Crippen molar-refractivity contribution in [2.75, 3.05) is 11.9 Å². The number of fused-ring (bicyclic) bond motifs is 1. The highest BCUT2D eigenvalue weighted by atomic mass is 32.1. The third-order valence-corrected chi connectivity index (χ3v) is 4.22. The number of anilines is 1. The van der Waals surface area contributed by atoms with Crippen LogP contribution < -0.4 is 10.1 Å². The Bertz CT molecular complexity index is 923. The lowest BCUT2D eigenvalue weighted by molar-refractivity contribution is -0.385. The van der Waals surface area contributed by atoms with Crippen LogP contribution in [0, 0.1) is 17.0 Å². The van der Waals surface area contributed by atoms with Gasteiger partial charge in [-0.05, 0) is 24.6 Å². The highest BCUT2D eigenvalue weighted by Crippen LogP contribution is 2.28. The van der Waals surface area contributed by atoms with Crippen LogP contribution in [0.2, 0.25) is 0 Å². The predicted molar refractivity (Wildman–Crippen MR) is 91.6 cm³/mol. The van der Waals surface area contributed by atoms with Crippen molar-refractivity contribution in [1.29, 1.82) is 0 Å². The summed E-state index contributed by atoms with van der Waals surface area (Å²) in [6, 6.07) is 11.7. The van der Waals surface area contributed by atoms with Crippen molar-refractivity contribution in [2.45, 2.75) is 6.92 Å². The molecule has 0 aliphatic carbocycles. The van der Waals surface area contributed by atoms with Crippen LogP contribution in [0.1, 0.15) is 5.56 Å². The van der Waals surface area contributed by atoms with Gasteiger partial charge >= 0.3 is 5.69 Å². The number of nitrogens with one attached hydrogen (secondary N) is 1. The molecule has 122 valence electrons. The Morgan fingerprint density at radius 2 is 2.08 bits per heavy atom. The van der Waals surface area contributed by atoms with Gasteiger partial charge in [-0.1, -0.05) is 35.6 Å². The molecule has 0 saturated carbocycles. The number of nitro groups is 1. The predicted octanol–water partition coefficient (Wildman–Crippen LogP) is 3.53. The SMILES string of the molecule is Cc1cccc2sc(NC(=O)COc3ccccc3[N+](=O)[O-])nc12. The molecule has 8 heteroatoms. The van der Waals surface area contributed by atoms with Crippen molar-refractivity contribution in [3.05, 3.63) is 58.1 Å². The van der Waals surface area contributed by atoms with Gasteiger partial charge in [0.2, 0.25) is 0 Å². The Hall–Kier alpha value is -3.00. The van der Waals surface area contributed by atoms with Gasteiger partial charge in [0.1, 0.15) is 0 Å². The summed E-state index contributed by atoms with van der Waals surface area (Å²) in [5, 5.41) is 14.0. The van der Waals surface area contributed by atoms with Crippen molar-refractivity contribution in [3.8, 4) is 5.75 Å². The van der Waals surface area contributed by atoms with Gasteiger partial charge in [-0.15, -0.1) is 0 Å². The molecule has 1 aromatic heterocycles. The number of ether oxygens (including phenoxy) is 1. The molecule has 1 heterocycles. The Balaban J connectivity index is 1.67. The van der Waals surface area contributed by atoms with Crippen LogP contribution in [0.3, 0.4) is 0 Å². The molecule has 0 atom stereocenters. The van der Waals surface area contributed by atoms with E-state index in [1.165, 1.54) is 29.5 Å². The standard InChI is InChI=1S/C16H13N3O4S/c1-10-5-4-8-13-15(10)18-16(24-13)17-14(20)9-23-12-7-3-2-6-11(12)19(21)22/h2-8H,9H2,1H3,(H,17,18,20). The first-order chi connectivity index (χ1) is 11.5. The summed E-state index contributed by atoms with van der Waals surface area (Å²) in [6.45, 7) is 1.62. The van der Waals surface area contributed by atoms with E-state index in [4.69, 9.17) is 4.74 Å². The van der Waals surface area contributed by atoms with Crippen LogP contribution in [0.5, 0.6) is 5.75 Å². The number of aryl methyl sites for hydroxylation is 1. The second-order valence-corrected chi connectivity index (χ2v) is 6.03. The monoisotopic (exact) mass is 343 g/mol. The zero-order chi connectivity index (χ0) is 17.1. The summed E-state index contributed by atoms with van der Waals surface area (Å²) in [7, 11) is 0. The molecule has 0 unspecified atom stereocenters. The summed E-state index contributed by atoms with van der Waals surface area (Å²) in [5.41, 5.74) is 1.69. The maximum absolute atomic E-state index is 12.0. The largest absolute Gasteiger partial charge is 0.477 e. The molecule has 3 aromatic rings. The Morgan fingerprint density at radius 3 is 2.83 bits per heavy atom. The van der Waals surface area contributed by atoms with Gasteiger partial charge in [0, 0.05) is 6.07 Å². The number of carbonyl (C=O) groups excluding carboxylic acids is 1. The number of carbonyl (C=O) groups is 1. The second kappa shape index (κ2) is 6.63. The van der Waals surface area contributed by atoms with Gasteiger partial charge < -0.3 is 4.74 Å². The van der Waals surface area contributed by atoms with Gasteiger partial charge in [-0.2, -0.15) is 0 Å².